The highest BCUT2D eigenvalue weighted by atomic mass is 16.2. The van der Waals surface area contributed by atoms with Gasteiger partial charge in [-0.05, 0) is 44.7 Å². The van der Waals surface area contributed by atoms with Crippen molar-refractivity contribution in [3.05, 3.63) is 30.1 Å². The van der Waals surface area contributed by atoms with Gasteiger partial charge in [-0.25, -0.2) is 0 Å². The number of carbonyl (C=O) groups is 3. The number of piperidine rings is 1. The Morgan fingerprint density at radius 2 is 2.04 bits per heavy atom. The van der Waals surface area contributed by atoms with Gasteiger partial charge in [0.1, 0.15) is 0 Å². The summed E-state index contributed by atoms with van der Waals surface area (Å²) in [4.78, 5) is 44.5. The largest absolute Gasteiger partial charge is 0.352 e. The molecule has 0 saturated carbocycles. The molecule has 146 valence electrons. The third-order valence-corrected chi connectivity index (χ3v) is 5.53. The molecule has 27 heavy (non-hydrogen) atoms. The van der Waals surface area contributed by atoms with E-state index in [0.29, 0.717) is 44.1 Å². The summed E-state index contributed by atoms with van der Waals surface area (Å²) in [6.07, 6.45) is 5.26. The van der Waals surface area contributed by atoms with Crippen molar-refractivity contribution in [2.45, 2.75) is 39.2 Å². The molecule has 2 aliphatic rings. The first-order valence-corrected chi connectivity index (χ1v) is 9.72. The molecule has 1 atom stereocenters. The van der Waals surface area contributed by atoms with E-state index in [4.69, 9.17) is 0 Å². The lowest BCUT2D eigenvalue weighted by atomic mass is 9.95. The number of hydrogen-bond acceptors (Lipinski definition) is 4. The molecule has 3 amide bonds. The highest BCUT2D eigenvalue weighted by molar-refractivity contribution is 5.93. The Morgan fingerprint density at radius 1 is 1.30 bits per heavy atom. The lowest BCUT2D eigenvalue weighted by Crippen LogP contribution is -2.44. The van der Waals surface area contributed by atoms with Crippen molar-refractivity contribution in [2.24, 2.45) is 11.8 Å². The fraction of sp³-hybridized carbons (Fsp3) is 0.600. The van der Waals surface area contributed by atoms with Crippen LogP contribution in [0.4, 0.5) is 0 Å². The summed E-state index contributed by atoms with van der Waals surface area (Å²) in [5.74, 6) is 0.231. The first-order chi connectivity index (χ1) is 13.0. The van der Waals surface area contributed by atoms with E-state index in [1.807, 2.05) is 18.7 Å². The molecule has 0 aromatic carbocycles. The molecule has 1 unspecified atom stereocenters. The number of rotatable bonds is 5. The average Bonchev–Trinajstić information content (AvgIpc) is 3.08. The fourth-order valence-corrected chi connectivity index (χ4v) is 3.85. The zero-order valence-corrected chi connectivity index (χ0v) is 16.1. The third kappa shape index (κ3) is 4.64. The molecule has 0 aliphatic carbocycles. The maximum absolute atomic E-state index is 12.7. The Labute approximate surface area is 160 Å². The molecule has 2 fully saturated rings. The van der Waals surface area contributed by atoms with Gasteiger partial charge in [-0.2, -0.15) is 0 Å². The highest BCUT2D eigenvalue weighted by Crippen LogP contribution is 2.25. The topological polar surface area (TPSA) is 82.6 Å². The molecule has 1 aromatic rings. The van der Waals surface area contributed by atoms with Crippen molar-refractivity contribution in [3.8, 4) is 0 Å². The SMILES string of the molecule is CC(C)N1CC(C(=O)N2CCC(CNC(=O)c3cccnc3)CC2)CC1=O. The second-order valence-corrected chi connectivity index (χ2v) is 7.76. The van der Waals surface area contributed by atoms with Crippen LogP contribution in [0, 0.1) is 11.8 Å². The Balaban J connectivity index is 1.43. The predicted octanol–water partition coefficient (Wildman–Crippen LogP) is 1.31. The molecule has 7 nitrogen and oxygen atoms in total. The second-order valence-electron chi connectivity index (χ2n) is 7.76. The number of likely N-dealkylation sites (tertiary alicyclic amines) is 2. The van der Waals surface area contributed by atoms with E-state index in [2.05, 4.69) is 10.3 Å². The van der Waals surface area contributed by atoms with Crippen LogP contribution in [0.5, 0.6) is 0 Å². The normalized spacial score (nSPS) is 21.0. The van der Waals surface area contributed by atoms with Crippen molar-refractivity contribution in [1.82, 2.24) is 20.1 Å². The van der Waals surface area contributed by atoms with Gasteiger partial charge in [-0.3, -0.25) is 19.4 Å². The lowest BCUT2D eigenvalue weighted by molar-refractivity contribution is -0.137. The van der Waals surface area contributed by atoms with E-state index in [0.717, 1.165) is 12.8 Å². The molecule has 0 radical (unpaired) electrons. The van der Waals surface area contributed by atoms with Gasteiger partial charge in [0.05, 0.1) is 11.5 Å². The maximum Gasteiger partial charge on any atom is 0.252 e. The predicted molar refractivity (Wildman–Crippen MR) is 101 cm³/mol. The second kappa shape index (κ2) is 8.50. The van der Waals surface area contributed by atoms with Crippen LogP contribution in [0.2, 0.25) is 0 Å². The monoisotopic (exact) mass is 372 g/mol. The van der Waals surface area contributed by atoms with Gasteiger partial charge in [-0.15, -0.1) is 0 Å². The number of carbonyl (C=O) groups excluding carboxylic acids is 3. The van der Waals surface area contributed by atoms with E-state index in [9.17, 15) is 14.4 Å². The number of pyridine rings is 1. The van der Waals surface area contributed by atoms with E-state index in [-0.39, 0.29) is 29.7 Å². The van der Waals surface area contributed by atoms with Gasteiger partial charge in [0, 0.05) is 51.0 Å². The summed E-state index contributed by atoms with van der Waals surface area (Å²) in [5, 5.41) is 2.96. The average molecular weight is 372 g/mol. The van der Waals surface area contributed by atoms with Gasteiger partial charge in [0.2, 0.25) is 11.8 Å². The van der Waals surface area contributed by atoms with Crippen LogP contribution in [-0.4, -0.2) is 64.7 Å². The molecule has 7 heteroatoms. The highest BCUT2D eigenvalue weighted by Gasteiger charge is 2.38. The van der Waals surface area contributed by atoms with Crippen LogP contribution in [0.1, 0.15) is 43.5 Å². The summed E-state index contributed by atoms with van der Waals surface area (Å²) in [7, 11) is 0. The van der Waals surface area contributed by atoms with Gasteiger partial charge in [-0.1, -0.05) is 0 Å². The van der Waals surface area contributed by atoms with Gasteiger partial charge in [0.25, 0.3) is 5.91 Å². The van der Waals surface area contributed by atoms with Crippen LogP contribution in [-0.2, 0) is 9.59 Å². The standard InChI is InChI=1S/C20H28N4O3/c1-14(2)24-13-17(10-18(24)25)20(27)23-8-5-15(6-9-23)11-22-19(26)16-4-3-7-21-12-16/h3-4,7,12,14-15,17H,5-6,8-11,13H2,1-2H3,(H,22,26). The molecule has 0 spiro atoms. The summed E-state index contributed by atoms with van der Waals surface area (Å²) in [5.41, 5.74) is 0.561. The minimum Gasteiger partial charge on any atom is -0.352 e. The molecule has 0 bridgehead atoms. The molecule has 2 saturated heterocycles. The number of nitrogens with zero attached hydrogens (tertiary/aromatic N) is 3. The number of amides is 3. The van der Waals surface area contributed by atoms with Crippen LogP contribution in [0.3, 0.4) is 0 Å². The Kier molecular flexibility index (Phi) is 6.08. The van der Waals surface area contributed by atoms with Gasteiger partial charge >= 0.3 is 0 Å². The quantitative estimate of drug-likeness (QED) is 0.845. The first-order valence-electron chi connectivity index (χ1n) is 9.72. The van der Waals surface area contributed by atoms with Crippen LogP contribution in [0.15, 0.2) is 24.5 Å². The van der Waals surface area contributed by atoms with Crippen LogP contribution < -0.4 is 5.32 Å². The molecule has 1 aromatic heterocycles. The smallest absolute Gasteiger partial charge is 0.252 e. The van der Waals surface area contributed by atoms with E-state index < -0.39 is 0 Å². The van der Waals surface area contributed by atoms with Crippen molar-refractivity contribution in [2.75, 3.05) is 26.2 Å². The molecular weight excluding hydrogens is 344 g/mol. The van der Waals surface area contributed by atoms with Crippen molar-refractivity contribution >= 4 is 17.7 Å². The van der Waals surface area contributed by atoms with Gasteiger partial charge < -0.3 is 15.1 Å². The van der Waals surface area contributed by atoms with Crippen LogP contribution >= 0.6 is 0 Å². The van der Waals surface area contributed by atoms with E-state index in [1.165, 1.54) is 0 Å². The number of hydrogen-bond donors (Lipinski definition) is 1. The molecule has 3 rings (SSSR count). The Bertz CT molecular complexity index is 684. The van der Waals surface area contributed by atoms with Crippen LogP contribution in [0.25, 0.3) is 0 Å². The van der Waals surface area contributed by atoms with Crippen molar-refractivity contribution in [3.63, 3.8) is 0 Å². The number of nitrogens with one attached hydrogen (secondary N) is 1. The zero-order valence-electron chi connectivity index (χ0n) is 16.1. The van der Waals surface area contributed by atoms with Crippen molar-refractivity contribution < 1.29 is 14.4 Å². The maximum atomic E-state index is 12.7. The molecule has 1 N–H and O–H groups in total. The summed E-state index contributed by atoms with van der Waals surface area (Å²) in [6, 6.07) is 3.63. The summed E-state index contributed by atoms with van der Waals surface area (Å²) >= 11 is 0. The van der Waals surface area contributed by atoms with Crippen molar-refractivity contribution in [1.29, 1.82) is 0 Å². The summed E-state index contributed by atoms with van der Waals surface area (Å²) in [6.45, 7) is 6.50. The zero-order chi connectivity index (χ0) is 19.4. The first kappa shape index (κ1) is 19.3. The molecule has 2 aliphatic heterocycles. The Morgan fingerprint density at radius 3 is 2.63 bits per heavy atom. The summed E-state index contributed by atoms with van der Waals surface area (Å²) < 4.78 is 0. The third-order valence-electron chi connectivity index (χ3n) is 5.53. The molecular formula is C20H28N4O3. The van der Waals surface area contributed by atoms with E-state index >= 15 is 0 Å². The fourth-order valence-electron chi connectivity index (χ4n) is 3.85. The Hall–Kier alpha value is -2.44. The minimum atomic E-state index is -0.207. The lowest BCUT2D eigenvalue weighted by Gasteiger charge is -2.33. The van der Waals surface area contributed by atoms with Gasteiger partial charge in [0.15, 0.2) is 0 Å². The minimum absolute atomic E-state index is 0.0800. The van der Waals surface area contributed by atoms with E-state index in [1.54, 1.807) is 29.4 Å². The molecule has 3 heterocycles. The number of aromatic nitrogens is 1.